The molecule has 0 saturated heterocycles. The first-order valence-corrected chi connectivity index (χ1v) is 19.7. The van der Waals surface area contributed by atoms with Crippen LogP contribution in [0.1, 0.15) is 67.0 Å². The number of aryl methyl sites for hydroxylation is 4. The van der Waals surface area contributed by atoms with Gasteiger partial charge < -0.3 is 33.2 Å². The normalized spacial score (nSPS) is 15.7. The van der Waals surface area contributed by atoms with E-state index in [1.165, 1.54) is 33.4 Å². The highest BCUT2D eigenvalue weighted by atomic mass is 16.5. The maximum absolute atomic E-state index is 7.11. The fraction of sp³-hybridized carbons (Fsp3) is 0.319. The highest BCUT2D eigenvalue weighted by Gasteiger charge is 2.48. The molecule has 10 rings (SSSR count). The molecule has 55 heavy (non-hydrogen) atoms. The molecular weight excluding hydrogens is 683 g/mol. The molecule has 5 heterocycles. The number of hydrogen-bond acceptors (Lipinski definition) is 7. The molecule has 0 fully saturated rings. The minimum Gasteiger partial charge on any atom is -0.490 e. The van der Waals surface area contributed by atoms with Crippen LogP contribution in [0.25, 0.3) is 11.0 Å². The Morgan fingerprint density at radius 1 is 0.600 bits per heavy atom. The lowest BCUT2D eigenvalue weighted by Gasteiger charge is -2.44. The van der Waals surface area contributed by atoms with Crippen molar-refractivity contribution in [2.45, 2.75) is 73.6 Å². The van der Waals surface area contributed by atoms with Crippen LogP contribution < -0.4 is 45.3 Å². The third kappa shape index (κ3) is 5.09. The zero-order valence-electron chi connectivity index (χ0n) is 33.1. The second-order valence-corrected chi connectivity index (χ2v) is 16.8. The molecule has 4 aliphatic rings. The number of fused-ring (bicyclic) bond motifs is 8. The van der Waals surface area contributed by atoms with Gasteiger partial charge in [0.05, 0.1) is 49.1 Å². The van der Waals surface area contributed by atoms with Gasteiger partial charge in [-0.2, -0.15) is 0 Å². The van der Waals surface area contributed by atoms with Gasteiger partial charge in [0.25, 0.3) is 6.71 Å². The summed E-state index contributed by atoms with van der Waals surface area (Å²) in [6.07, 6.45) is 1.68. The predicted octanol–water partition coefficient (Wildman–Crippen LogP) is 9.68. The van der Waals surface area contributed by atoms with E-state index >= 15 is 0 Å². The average molecular weight is 731 g/mol. The average Bonchev–Trinajstić information content (AvgIpc) is 3.25. The van der Waals surface area contributed by atoms with E-state index < -0.39 is 0 Å². The van der Waals surface area contributed by atoms with Gasteiger partial charge in [-0.25, -0.2) is 0 Å². The fourth-order valence-electron chi connectivity index (χ4n) is 9.40. The fourth-order valence-corrected chi connectivity index (χ4v) is 9.40. The number of ether oxygens (including phenoxy) is 4. The molecule has 7 nitrogen and oxygen atoms in total. The Hall–Kier alpha value is -5.50. The summed E-state index contributed by atoms with van der Waals surface area (Å²) in [6, 6.07) is 24.5. The molecule has 0 N–H and O–H groups in total. The quantitative estimate of drug-likeness (QED) is 0.164. The molecule has 8 heteroatoms. The van der Waals surface area contributed by atoms with Gasteiger partial charge in [-0.15, -0.1) is 0 Å². The highest BCUT2D eigenvalue weighted by molar-refractivity contribution is 7.00. The third-order valence-electron chi connectivity index (χ3n) is 11.8. The van der Waals surface area contributed by atoms with Crippen LogP contribution in [0, 0.1) is 34.6 Å². The first-order chi connectivity index (χ1) is 26.5. The maximum Gasteiger partial charge on any atom is 0.297 e. The van der Waals surface area contributed by atoms with Crippen LogP contribution >= 0.6 is 0 Å². The first kappa shape index (κ1) is 34.0. The predicted molar refractivity (Wildman–Crippen MR) is 224 cm³/mol. The zero-order valence-corrected chi connectivity index (χ0v) is 33.1. The Morgan fingerprint density at radius 3 is 1.93 bits per heavy atom. The van der Waals surface area contributed by atoms with E-state index in [2.05, 4.69) is 132 Å². The van der Waals surface area contributed by atoms with Crippen LogP contribution in [-0.2, 0) is 5.41 Å². The van der Waals surface area contributed by atoms with E-state index in [1.54, 1.807) is 0 Å². The molecule has 4 aliphatic heterocycles. The molecule has 0 aliphatic carbocycles. The smallest absolute Gasteiger partial charge is 0.297 e. The lowest BCUT2D eigenvalue weighted by atomic mass is 9.35. The summed E-state index contributed by atoms with van der Waals surface area (Å²) >= 11 is 0. The number of furan rings is 1. The molecule has 0 saturated carbocycles. The van der Waals surface area contributed by atoms with Gasteiger partial charge >= 0.3 is 0 Å². The van der Waals surface area contributed by atoms with Gasteiger partial charge in [0.2, 0.25) is 0 Å². The molecular formula is C47H47BN2O5. The molecule has 0 amide bonds. The Kier molecular flexibility index (Phi) is 7.58. The van der Waals surface area contributed by atoms with Crippen molar-refractivity contribution in [3.8, 4) is 23.0 Å². The van der Waals surface area contributed by atoms with Crippen molar-refractivity contribution >= 4 is 68.4 Å². The Bertz CT molecular complexity index is 2560. The van der Waals surface area contributed by atoms with E-state index in [-0.39, 0.29) is 12.1 Å². The monoisotopic (exact) mass is 730 g/mol. The summed E-state index contributed by atoms with van der Waals surface area (Å²) < 4.78 is 32.6. The minimum absolute atomic E-state index is 0.0144. The zero-order chi connectivity index (χ0) is 37.9. The second kappa shape index (κ2) is 12.3. The second-order valence-electron chi connectivity index (χ2n) is 16.8. The minimum atomic E-state index is -0.205. The number of anilines is 6. The van der Waals surface area contributed by atoms with Crippen molar-refractivity contribution in [2.24, 2.45) is 0 Å². The summed E-state index contributed by atoms with van der Waals surface area (Å²) in [5.41, 5.74) is 17.9. The van der Waals surface area contributed by atoms with Crippen molar-refractivity contribution in [2.75, 3.05) is 36.2 Å². The molecule has 0 unspecified atom stereocenters. The van der Waals surface area contributed by atoms with E-state index in [0.717, 1.165) is 97.5 Å². The van der Waals surface area contributed by atoms with Gasteiger partial charge in [-0.1, -0.05) is 45.0 Å². The van der Waals surface area contributed by atoms with E-state index in [4.69, 9.17) is 23.4 Å². The van der Waals surface area contributed by atoms with E-state index in [9.17, 15) is 0 Å². The molecule has 0 atom stereocenters. The van der Waals surface area contributed by atoms with Crippen molar-refractivity contribution in [3.05, 3.63) is 100 Å². The maximum atomic E-state index is 7.11. The Labute approximate surface area is 323 Å². The molecule has 5 aromatic carbocycles. The molecule has 0 radical (unpaired) electrons. The molecule has 6 aromatic rings. The van der Waals surface area contributed by atoms with Crippen molar-refractivity contribution < 1.29 is 23.4 Å². The summed E-state index contributed by atoms with van der Waals surface area (Å²) in [5, 5.41) is 1.07. The third-order valence-corrected chi connectivity index (χ3v) is 11.8. The lowest BCUT2D eigenvalue weighted by molar-refractivity contribution is 0.296. The highest BCUT2D eigenvalue weighted by Crippen LogP contribution is 2.52. The van der Waals surface area contributed by atoms with Crippen molar-refractivity contribution in [1.82, 2.24) is 0 Å². The number of benzene rings is 5. The summed E-state index contributed by atoms with van der Waals surface area (Å²) in [5.74, 6) is 3.18. The van der Waals surface area contributed by atoms with Gasteiger partial charge in [0.15, 0.2) is 23.0 Å². The summed E-state index contributed by atoms with van der Waals surface area (Å²) in [7, 11) is 0. The number of nitrogens with zero attached hydrogens (tertiary/aromatic N) is 2. The van der Waals surface area contributed by atoms with Gasteiger partial charge in [0, 0.05) is 46.9 Å². The SMILES string of the molecule is Cc1cc2c3c(c1)N(c1c(C)cc4c(c1C)OCCCO4)c1c(oc4ccccc14)B3c1cc3c(cc1N2c1c(C)cc(C(C)(C)C)cc1C)OCCCO3. The number of rotatable bonds is 2. The molecule has 0 spiro atoms. The van der Waals surface area contributed by atoms with Gasteiger partial charge in [-0.05, 0) is 115 Å². The van der Waals surface area contributed by atoms with Crippen LogP contribution in [-0.4, -0.2) is 33.1 Å². The van der Waals surface area contributed by atoms with Crippen molar-refractivity contribution in [1.29, 1.82) is 0 Å². The topological polar surface area (TPSA) is 56.5 Å². The lowest BCUT2D eigenvalue weighted by Crippen LogP contribution is -2.61. The van der Waals surface area contributed by atoms with E-state index in [0.29, 0.717) is 26.4 Å². The van der Waals surface area contributed by atoms with Crippen LogP contribution in [0.5, 0.6) is 23.0 Å². The van der Waals surface area contributed by atoms with Gasteiger partial charge in [-0.3, -0.25) is 0 Å². The number of para-hydroxylation sites is 1. The molecule has 278 valence electrons. The van der Waals surface area contributed by atoms with Crippen molar-refractivity contribution in [3.63, 3.8) is 0 Å². The summed E-state index contributed by atoms with van der Waals surface area (Å²) in [4.78, 5) is 4.94. The summed E-state index contributed by atoms with van der Waals surface area (Å²) in [6.45, 7) is 20.2. The molecule has 0 bridgehead atoms. The van der Waals surface area contributed by atoms with Crippen LogP contribution in [0.2, 0.25) is 0 Å². The Morgan fingerprint density at radius 2 is 1.22 bits per heavy atom. The van der Waals surface area contributed by atoms with Crippen LogP contribution in [0.3, 0.4) is 0 Å². The standard InChI is InChI=1S/C47H47BN2O5/c1-26-19-35-41-36(20-26)50(43-29(4)23-40-45(30(43)5)54-18-12-17-53-40)44-32-13-9-10-14-37(32)55-46(44)48(41)33-24-38-39(52-16-11-15-51-38)25-34(33)49(35)42-27(2)21-31(22-28(42)3)47(6,7)8/h9-10,13-14,19-25H,11-12,15-18H2,1-8H3. The molecule has 1 aromatic heterocycles. The number of hydrogen-bond donors (Lipinski definition) is 0. The largest absolute Gasteiger partial charge is 0.490 e. The Balaban J connectivity index is 1.33. The van der Waals surface area contributed by atoms with Crippen LogP contribution in [0.4, 0.5) is 34.1 Å². The van der Waals surface area contributed by atoms with E-state index in [1.807, 2.05) is 0 Å². The van der Waals surface area contributed by atoms with Crippen LogP contribution in [0.15, 0.2) is 71.1 Å². The first-order valence-electron chi connectivity index (χ1n) is 19.7. The van der Waals surface area contributed by atoms with Gasteiger partial charge in [0.1, 0.15) is 5.58 Å².